The second-order valence-corrected chi connectivity index (χ2v) is 5.18. The third kappa shape index (κ3) is 4.39. The van der Waals surface area contributed by atoms with Crippen LogP contribution in [0.25, 0.3) is 0 Å². The number of rotatable bonds is 7. The van der Waals surface area contributed by atoms with Crippen LogP contribution in [-0.4, -0.2) is 31.4 Å². The standard InChI is InChI=1S/C16H15BrO5/c1-20-15-10-13(5-6-14(15)17)22-8-7-21-12-4-2-3-11(9-12)16(18)19/h2-6,9-10H,7-8H2,1H3,(H,18,19). The Hall–Kier alpha value is -2.21. The van der Waals surface area contributed by atoms with Gasteiger partial charge in [-0.1, -0.05) is 6.07 Å². The molecule has 0 aliphatic carbocycles. The lowest BCUT2D eigenvalue weighted by molar-refractivity contribution is 0.0696. The molecule has 0 bridgehead atoms. The third-order valence-corrected chi connectivity index (χ3v) is 3.48. The predicted octanol–water partition coefficient (Wildman–Crippen LogP) is 3.61. The monoisotopic (exact) mass is 366 g/mol. The number of benzene rings is 2. The quantitative estimate of drug-likeness (QED) is 0.758. The van der Waals surface area contributed by atoms with Gasteiger partial charge in [-0.2, -0.15) is 0 Å². The molecule has 2 aromatic rings. The molecule has 0 saturated carbocycles. The van der Waals surface area contributed by atoms with Gasteiger partial charge in [-0.15, -0.1) is 0 Å². The molecule has 6 heteroatoms. The van der Waals surface area contributed by atoms with E-state index in [1.165, 1.54) is 12.1 Å². The molecule has 1 N–H and O–H groups in total. The number of carboxylic acid groups (broad SMARTS) is 1. The maximum Gasteiger partial charge on any atom is 0.335 e. The van der Waals surface area contributed by atoms with Gasteiger partial charge in [0, 0.05) is 6.07 Å². The van der Waals surface area contributed by atoms with Crippen molar-refractivity contribution in [2.45, 2.75) is 0 Å². The van der Waals surface area contributed by atoms with Gasteiger partial charge in [0.1, 0.15) is 30.5 Å². The molecule has 22 heavy (non-hydrogen) atoms. The van der Waals surface area contributed by atoms with Gasteiger partial charge < -0.3 is 19.3 Å². The lowest BCUT2D eigenvalue weighted by Gasteiger charge is -2.10. The maximum atomic E-state index is 10.9. The van der Waals surface area contributed by atoms with E-state index in [9.17, 15) is 4.79 Å². The van der Waals surface area contributed by atoms with E-state index in [0.29, 0.717) is 30.5 Å². The molecule has 0 radical (unpaired) electrons. The summed E-state index contributed by atoms with van der Waals surface area (Å²) in [5.74, 6) is 0.871. The van der Waals surface area contributed by atoms with Crippen LogP contribution in [0.4, 0.5) is 0 Å². The molecule has 0 spiro atoms. The zero-order chi connectivity index (χ0) is 15.9. The van der Waals surface area contributed by atoms with E-state index in [4.69, 9.17) is 19.3 Å². The molecular formula is C16H15BrO5. The Bertz CT molecular complexity index is 657. The molecule has 0 unspecified atom stereocenters. The van der Waals surface area contributed by atoms with Crippen LogP contribution >= 0.6 is 15.9 Å². The third-order valence-electron chi connectivity index (χ3n) is 2.82. The van der Waals surface area contributed by atoms with Crippen molar-refractivity contribution >= 4 is 21.9 Å². The van der Waals surface area contributed by atoms with Crippen molar-refractivity contribution in [1.82, 2.24) is 0 Å². The van der Waals surface area contributed by atoms with Crippen LogP contribution in [0, 0.1) is 0 Å². The van der Waals surface area contributed by atoms with Gasteiger partial charge in [-0.25, -0.2) is 4.79 Å². The number of methoxy groups -OCH3 is 1. The van der Waals surface area contributed by atoms with Crippen LogP contribution in [0.3, 0.4) is 0 Å². The van der Waals surface area contributed by atoms with Gasteiger partial charge in [0.2, 0.25) is 0 Å². The number of aromatic carboxylic acids is 1. The summed E-state index contributed by atoms with van der Waals surface area (Å²) in [7, 11) is 1.59. The van der Waals surface area contributed by atoms with Crippen LogP contribution in [0.2, 0.25) is 0 Å². The average Bonchev–Trinajstić information content (AvgIpc) is 2.53. The molecule has 0 saturated heterocycles. The van der Waals surface area contributed by atoms with Crippen LogP contribution in [0.5, 0.6) is 17.2 Å². The zero-order valence-electron chi connectivity index (χ0n) is 11.9. The van der Waals surface area contributed by atoms with E-state index in [-0.39, 0.29) is 5.56 Å². The molecule has 5 nitrogen and oxygen atoms in total. The molecule has 0 fully saturated rings. The Morgan fingerprint density at radius 1 is 1.09 bits per heavy atom. The first-order valence-electron chi connectivity index (χ1n) is 6.52. The summed E-state index contributed by atoms with van der Waals surface area (Å²) >= 11 is 3.37. The second-order valence-electron chi connectivity index (χ2n) is 4.33. The minimum absolute atomic E-state index is 0.191. The Balaban J connectivity index is 1.84. The smallest absolute Gasteiger partial charge is 0.335 e. The highest BCUT2D eigenvalue weighted by Crippen LogP contribution is 2.28. The number of hydrogen-bond acceptors (Lipinski definition) is 4. The van der Waals surface area contributed by atoms with Gasteiger partial charge in [0.15, 0.2) is 0 Å². The van der Waals surface area contributed by atoms with Crippen molar-refractivity contribution < 1.29 is 24.1 Å². The van der Waals surface area contributed by atoms with Crippen molar-refractivity contribution in [3.8, 4) is 17.2 Å². The van der Waals surface area contributed by atoms with Gasteiger partial charge in [0.25, 0.3) is 0 Å². The number of carbonyl (C=O) groups is 1. The van der Waals surface area contributed by atoms with Crippen LogP contribution in [0.15, 0.2) is 46.9 Å². The summed E-state index contributed by atoms with van der Waals surface area (Å²) in [6.07, 6.45) is 0. The number of carboxylic acids is 1. The van der Waals surface area contributed by atoms with Gasteiger partial charge in [0.05, 0.1) is 17.1 Å². The van der Waals surface area contributed by atoms with Gasteiger partial charge in [-0.3, -0.25) is 0 Å². The largest absolute Gasteiger partial charge is 0.495 e. The minimum Gasteiger partial charge on any atom is -0.495 e. The first-order chi connectivity index (χ1) is 10.6. The van der Waals surface area contributed by atoms with E-state index >= 15 is 0 Å². The van der Waals surface area contributed by atoms with E-state index in [2.05, 4.69) is 15.9 Å². The van der Waals surface area contributed by atoms with E-state index in [0.717, 1.165) is 4.47 Å². The predicted molar refractivity (Wildman–Crippen MR) is 85.1 cm³/mol. The van der Waals surface area contributed by atoms with Gasteiger partial charge in [-0.05, 0) is 46.3 Å². The second kappa shape index (κ2) is 7.70. The molecule has 2 aromatic carbocycles. The first kappa shape index (κ1) is 16.2. The topological polar surface area (TPSA) is 65.0 Å². The van der Waals surface area contributed by atoms with E-state index < -0.39 is 5.97 Å². The lowest BCUT2D eigenvalue weighted by atomic mass is 10.2. The highest BCUT2D eigenvalue weighted by molar-refractivity contribution is 9.10. The summed E-state index contributed by atoms with van der Waals surface area (Å²) in [5, 5.41) is 8.91. The summed E-state index contributed by atoms with van der Waals surface area (Å²) < 4.78 is 17.1. The number of hydrogen-bond donors (Lipinski definition) is 1. The van der Waals surface area contributed by atoms with Crippen LogP contribution in [0.1, 0.15) is 10.4 Å². The Labute approximate surface area is 136 Å². The fourth-order valence-electron chi connectivity index (χ4n) is 1.77. The molecule has 0 amide bonds. The fraction of sp³-hybridized carbons (Fsp3) is 0.188. The molecule has 0 aliphatic heterocycles. The number of ether oxygens (including phenoxy) is 3. The molecule has 0 aromatic heterocycles. The lowest BCUT2D eigenvalue weighted by Crippen LogP contribution is -2.09. The average molecular weight is 367 g/mol. The molecule has 0 heterocycles. The molecule has 2 rings (SSSR count). The zero-order valence-corrected chi connectivity index (χ0v) is 13.5. The first-order valence-corrected chi connectivity index (χ1v) is 7.32. The van der Waals surface area contributed by atoms with Crippen molar-refractivity contribution in [2.75, 3.05) is 20.3 Å². The van der Waals surface area contributed by atoms with Crippen LogP contribution < -0.4 is 14.2 Å². The SMILES string of the molecule is COc1cc(OCCOc2cccc(C(=O)O)c2)ccc1Br. The molecular weight excluding hydrogens is 352 g/mol. The van der Waals surface area contributed by atoms with E-state index in [1.54, 1.807) is 25.3 Å². The number of halogens is 1. The molecule has 0 atom stereocenters. The molecule has 0 aliphatic rings. The highest BCUT2D eigenvalue weighted by atomic mass is 79.9. The van der Waals surface area contributed by atoms with Crippen molar-refractivity contribution in [3.05, 3.63) is 52.5 Å². The normalized spacial score (nSPS) is 10.1. The molecule has 116 valence electrons. The van der Waals surface area contributed by atoms with Crippen molar-refractivity contribution in [3.63, 3.8) is 0 Å². The summed E-state index contributed by atoms with van der Waals surface area (Å²) in [6.45, 7) is 0.642. The summed E-state index contributed by atoms with van der Waals surface area (Å²) in [5.41, 5.74) is 0.191. The fourth-order valence-corrected chi connectivity index (χ4v) is 2.18. The van der Waals surface area contributed by atoms with Gasteiger partial charge >= 0.3 is 5.97 Å². The maximum absolute atomic E-state index is 10.9. The van der Waals surface area contributed by atoms with Crippen molar-refractivity contribution in [1.29, 1.82) is 0 Å². The van der Waals surface area contributed by atoms with Crippen LogP contribution in [-0.2, 0) is 0 Å². The van der Waals surface area contributed by atoms with Crippen molar-refractivity contribution in [2.24, 2.45) is 0 Å². The Kier molecular flexibility index (Phi) is 5.66. The highest BCUT2D eigenvalue weighted by Gasteiger charge is 2.05. The van der Waals surface area contributed by atoms with E-state index in [1.807, 2.05) is 12.1 Å². The minimum atomic E-state index is -0.983. The Morgan fingerprint density at radius 2 is 1.77 bits per heavy atom. The summed E-state index contributed by atoms with van der Waals surface area (Å²) in [4.78, 5) is 10.9. The Morgan fingerprint density at radius 3 is 2.41 bits per heavy atom. The summed E-state index contributed by atoms with van der Waals surface area (Å²) in [6, 6.07) is 11.8.